The molecule has 146 valence electrons. The van der Waals surface area contributed by atoms with Crippen molar-refractivity contribution >= 4 is 0 Å². The van der Waals surface area contributed by atoms with Crippen LogP contribution in [0, 0.1) is 19.8 Å². The molecule has 1 heterocycles. The smallest absolute Gasteiger partial charge is 0.176 e. The second-order valence-electron chi connectivity index (χ2n) is 8.24. The van der Waals surface area contributed by atoms with Crippen LogP contribution in [0.1, 0.15) is 55.1 Å². The molecule has 0 saturated heterocycles. The third kappa shape index (κ3) is 3.59. The Bertz CT molecular complexity index is 923. The van der Waals surface area contributed by atoms with Gasteiger partial charge in [0.2, 0.25) is 0 Å². The van der Waals surface area contributed by atoms with E-state index in [0.29, 0.717) is 0 Å². The van der Waals surface area contributed by atoms with E-state index in [4.69, 9.17) is 0 Å². The van der Waals surface area contributed by atoms with Gasteiger partial charge < -0.3 is 5.32 Å². The highest BCUT2D eigenvalue weighted by Crippen LogP contribution is 2.39. The van der Waals surface area contributed by atoms with Crippen LogP contribution >= 0.6 is 0 Å². The molecule has 0 aliphatic heterocycles. The molecule has 1 aromatic heterocycles. The summed E-state index contributed by atoms with van der Waals surface area (Å²) in [4.78, 5) is 0. The van der Waals surface area contributed by atoms with Gasteiger partial charge in [-0.1, -0.05) is 49.4 Å². The highest BCUT2D eigenvalue weighted by atomic mass is 15.6. The van der Waals surface area contributed by atoms with Gasteiger partial charge in [0.25, 0.3) is 0 Å². The van der Waals surface area contributed by atoms with E-state index in [-0.39, 0.29) is 5.54 Å². The van der Waals surface area contributed by atoms with Crippen molar-refractivity contribution in [3.63, 3.8) is 0 Å². The lowest BCUT2D eigenvalue weighted by Gasteiger charge is -2.39. The molecule has 4 rings (SSSR count). The van der Waals surface area contributed by atoms with Gasteiger partial charge in [-0.25, -0.2) is 0 Å². The van der Waals surface area contributed by atoms with Crippen molar-refractivity contribution in [3.05, 3.63) is 71.0 Å². The third-order valence-corrected chi connectivity index (χ3v) is 6.30. The molecule has 0 unspecified atom stereocenters. The summed E-state index contributed by atoms with van der Waals surface area (Å²) < 4.78 is 1.95. The molecule has 0 amide bonds. The van der Waals surface area contributed by atoms with Crippen molar-refractivity contribution in [1.29, 1.82) is 0 Å². The van der Waals surface area contributed by atoms with Crippen LogP contribution in [0.5, 0.6) is 0 Å². The molecule has 1 saturated carbocycles. The van der Waals surface area contributed by atoms with E-state index in [9.17, 15) is 0 Å². The summed E-state index contributed by atoms with van der Waals surface area (Å²) in [5.41, 5.74) is 4.62. The maximum atomic E-state index is 4.54. The van der Waals surface area contributed by atoms with E-state index < -0.39 is 0 Å². The zero-order valence-electron chi connectivity index (χ0n) is 17.0. The van der Waals surface area contributed by atoms with Gasteiger partial charge in [0.1, 0.15) is 0 Å². The predicted octanol–water partition coefficient (Wildman–Crippen LogP) is 4.47. The summed E-state index contributed by atoms with van der Waals surface area (Å²) in [6.45, 7) is 7.43. The summed E-state index contributed by atoms with van der Waals surface area (Å²) in [6, 6.07) is 16.9. The molecule has 5 nitrogen and oxygen atoms in total. The number of hydrogen-bond donors (Lipinski definition) is 1. The lowest BCUT2D eigenvalue weighted by Crippen LogP contribution is -2.46. The molecular formula is C23H29N5. The normalized spacial score (nSPS) is 22.3. The Balaban J connectivity index is 1.72. The average molecular weight is 376 g/mol. The van der Waals surface area contributed by atoms with Crippen molar-refractivity contribution in [2.24, 2.45) is 5.92 Å². The number of hydrogen-bond acceptors (Lipinski definition) is 4. The van der Waals surface area contributed by atoms with Gasteiger partial charge in [-0.05, 0) is 78.6 Å². The van der Waals surface area contributed by atoms with Gasteiger partial charge in [-0.15, -0.1) is 5.10 Å². The summed E-state index contributed by atoms with van der Waals surface area (Å²) >= 11 is 0. The predicted molar refractivity (Wildman–Crippen MR) is 111 cm³/mol. The van der Waals surface area contributed by atoms with Gasteiger partial charge in [-0.3, -0.25) is 0 Å². The topological polar surface area (TPSA) is 55.6 Å². The van der Waals surface area contributed by atoms with Crippen LogP contribution < -0.4 is 5.32 Å². The molecule has 0 radical (unpaired) electrons. The average Bonchev–Trinajstić information content (AvgIpc) is 3.21. The molecule has 1 N–H and O–H groups in total. The molecule has 1 aliphatic rings. The minimum Gasteiger partial charge on any atom is -0.301 e. The van der Waals surface area contributed by atoms with E-state index in [2.05, 4.69) is 90.1 Å². The first kappa shape index (κ1) is 18.8. The maximum absolute atomic E-state index is 4.54. The number of nitrogens with zero attached hydrogens (tertiary/aromatic N) is 4. The number of nitrogens with one attached hydrogen (secondary N) is 1. The van der Waals surface area contributed by atoms with E-state index in [1.54, 1.807) is 0 Å². The van der Waals surface area contributed by atoms with Crippen LogP contribution in [0.3, 0.4) is 0 Å². The molecule has 1 fully saturated rings. The minimum atomic E-state index is -0.206. The zero-order chi connectivity index (χ0) is 19.6. The zero-order valence-corrected chi connectivity index (χ0v) is 17.0. The van der Waals surface area contributed by atoms with E-state index in [1.807, 2.05) is 4.68 Å². The molecule has 1 aliphatic carbocycles. The molecule has 0 spiro atoms. The Hall–Kier alpha value is -2.53. The van der Waals surface area contributed by atoms with Crippen LogP contribution in [0.25, 0.3) is 5.69 Å². The van der Waals surface area contributed by atoms with Crippen molar-refractivity contribution in [2.75, 3.05) is 0 Å². The standard InChI is InChI=1S/C23H29N5/c1-17-12-14-23(15-13-17,24-16-20-9-5-4-6-10-20)22-25-26-27-28(22)21-11-7-8-18(2)19(21)3/h4-11,17,24H,12-16H2,1-3H3. The number of aromatic nitrogens is 4. The summed E-state index contributed by atoms with van der Waals surface area (Å²) in [7, 11) is 0. The van der Waals surface area contributed by atoms with Gasteiger partial charge in [-0.2, -0.15) is 4.68 Å². The second-order valence-corrected chi connectivity index (χ2v) is 8.24. The first-order valence-corrected chi connectivity index (χ1v) is 10.2. The largest absolute Gasteiger partial charge is 0.301 e. The number of tetrazole rings is 1. The highest BCUT2D eigenvalue weighted by Gasteiger charge is 2.40. The van der Waals surface area contributed by atoms with Gasteiger partial charge in [0.05, 0.1) is 11.2 Å². The number of rotatable bonds is 5. The Kier molecular flexibility index (Phi) is 5.27. The van der Waals surface area contributed by atoms with Crippen LogP contribution in [0.4, 0.5) is 0 Å². The van der Waals surface area contributed by atoms with Crippen molar-refractivity contribution in [1.82, 2.24) is 25.5 Å². The highest BCUT2D eigenvalue weighted by molar-refractivity contribution is 5.44. The molecule has 0 bridgehead atoms. The Morgan fingerprint density at radius 2 is 1.79 bits per heavy atom. The third-order valence-electron chi connectivity index (χ3n) is 6.30. The fourth-order valence-electron chi connectivity index (χ4n) is 4.21. The summed E-state index contributed by atoms with van der Waals surface area (Å²) in [5, 5.41) is 16.9. The minimum absolute atomic E-state index is 0.206. The van der Waals surface area contributed by atoms with Crippen molar-refractivity contribution in [3.8, 4) is 5.69 Å². The van der Waals surface area contributed by atoms with Crippen LogP contribution in [-0.4, -0.2) is 20.2 Å². The molecular weight excluding hydrogens is 346 g/mol. The van der Waals surface area contributed by atoms with Gasteiger partial charge >= 0.3 is 0 Å². The number of benzene rings is 2. The van der Waals surface area contributed by atoms with Crippen LogP contribution in [0.2, 0.25) is 0 Å². The quantitative estimate of drug-likeness (QED) is 0.715. The van der Waals surface area contributed by atoms with E-state index in [0.717, 1.165) is 36.8 Å². The van der Waals surface area contributed by atoms with E-state index >= 15 is 0 Å². The Morgan fingerprint density at radius 1 is 1.04 bits per heavy atom. The molecule has 3 aromatic rings. The fourth-order valence-corrected chi connectivity index (χ4v) is 4.21. The molecule has 0 atom stereocenters. The monoisotopic (exact) mass is 375 g/mol. The second kappa shape index (κ2) is 7.84. The lowest BCUT2D eigenvalue weighted by molar-refractivity contribution is 0.180. The van der Waals surface area contributed by atoms with Gasteiger partial charge in [0, 0.05) is 6.54 Å². The first-order chi connectivity index (χ1) is 13.6. The van der Waals surface area contributed by atoms with Crippen molar-refractivity contribution < 1.29 is 0 Å². The Morgan fingerprint density at radius 3 is 2.54 bits per heavy atom. The first-order valence-electron chi connectivity index (χ1n) is 10.2. The van der Waals surface area contributed by atoms with Crippen molar-refractivity contribution in [2.45, 2.75) is 58.5 Å². The molecule has 28 heavy (non-hydrogen) atoms. The van der Waals surface area contributed by atoms with Gasteiger partial charge in [0.15, 0.2) is 5.82 Å². The maximum Gasteiger partial charge on any atom is 0.176 e. The molecule has 5 heteroatoms. The summed E-state index contributed by atoms with van der Waals surface area (Å²) in [6.07, 6.45) is 4.46. The fraction of sp³-hybridized carbons (Fsp3) is 0.435. The lowest BCUT2D eigenvalue weighted by atomic mass is 9.76. The Labute approximate surface area is 167 Å². The number of aryl methyl sites for hydroxylation is 1. The summed E-state index contributed by atoms with van der Waals surface area (Å²) in [5.74, 6) is 1.68. The van der Waals surface area contributed by atoms with E-state index in [1.165, 1.54) is 29.5 Å². The van der Waals surface area contributed by atoms with Crippen LogP contribution in [0.15, 0.2) is 48.5 Å². The SMILES string of the molecule is Cc1cccc(-n2nnnc2C2(NCc3ccccc3)CCC(C)CC2)c1C. The van der Waals surface area contributed by atoms with Crippen LogP contribution in [-0.2, 0) is 12.1 Å². The molecule has 2 aromatic carbocycles.